The van der Waals surface area contributed by atoms with E-state index in [0.717, 1.165) is 19.6 Å². The van der Waals surface area contributed by atoms with Crippen molar-refractivity contribution < 1.29 is 13.2 Å². The largest absolute Gasteiger partial charge is 0.377 e. The molecule has 2 rings (SSSR count). The Hall–Kier alpha value is -0.910. The smallest absolute Gasteiger partial charge is 0.152 e. The number of hydrogen-bond donors (Lipinski definition) is 0. The van der Waals surface area contributed by atoms with Gasteiger partial charge in [0.25, 0.3) is 0 Å². The molecule has 1 saturated heterocycles. The van der Waals surface area contributed by atoms with Gasteiger partial charge in [-0.2, -0.15) is 0 Å². The first-order chi connectivity index (χ1) is 9.16. The Balaban J connectivity index is 1.55. The minimum absolute atomic E-state index is 0.303. The molecule has 1 heterocycles. The van der Waals surface area contributed by atoms with Crippen molar-refractivity contribution >= 4 is 9.84 Å². The molecule has 0 saturated carbocycles. The van der Waals surface area contributed by atoms with Gasteiger partial charge in [-0.1, -0.05) is 30.3 Å². The van der Waals surface area contributed by atoms with E-state index in [0.29, 0.717) is 31.2 Å². The second-order valence-electron chi connectivity index (χ2n) is 4.89. The molecular formula is C14H21NO3S. The molecule has 0 amide bonds. The fraction of sp³-hybridized carbons (Fsp3) is 0.571. The van der Waals surface area contributed by atoms with E-state index in [4.69, 9.17) is 4.74 Å². The fourth-order valence-corrected chi connectivity index (χ4v) is 3.41. The van der Waals surface area contributed by atoms with Crippen LogP contribution in [0.1, 0.15) is 12.0 Å². The Morgan fingerprint density at radius 3 is 2.47 bits per heavy atom. The summed E-state index contributed by atoms with van der Waals surface area (Å²) in [7, 11) is -2.76. The molecule has 106 valence electrons. The van der Waals surface area contributed by atoms with Gasteiger partial charge in [-0.25, -0.2) is 8.42 Å². The zero-order valence-corrected chi connectivity index (χ0v) is 11.9. The predicted octanol–water partition coefficient (Wildman–Crippen LogP) is 1.32. The van der Waals surface area contributed by atoms with Crippen LogP contribution in [-0.2, 0) is 21.2 Å². The van der Waals surface area contributed by atoms with E-state index in [1.54, 1.807) is 0 Å². The van der Waals surface area contributed by atoms with Crippen LogP contribution in [0.3, 0.4) is 0 Å². The standard InChI is InChI=1S/C14H21NO3S/c16-19(17)11-8-15(9-12-19)7-4-10-18-13-14-5-2-1-3-6-14/h1-3,5-6H,4,7-13H2. The van der Waals surface area contributed by atoms with Gasteiger partial charge in [0.15, 0.2) is 9.84 Å². The lowest BCUT2D eigenvalue weighted by atomic mass is 10.2. The number of sulfone groups is 1. The summed E-state index contributed by atoms with van der Waals surface area (Å²) in [5, 5.41) is 0. The number of nitrogens with zero attached hydrogens (tertiary/aromatic N) is 1. The molecule has 0 spiro atoms. The van der Waals surface area contributed by atoms with Crippen molar-refractivity contribution in [2.24, 2.45) is 0 Å². The maximum absolute atomic E-state index is 11.3. The lowest BCUT2D eigenvalue weighted by Gasteiger charge is -2.26. The molecule has 0 aromatic heterocycles. The Kier molecular flexibility index (Phi) is 5.36. The van der Waals surface area contributed by atoms with E-state index in [1.807, 2.05) is 18.2 Å². The topological polar surface area (TPSA) is 46.6 Å². The highest BCUT2D eigenvalue weighted by Gasteiger charge is 2.20. The highest BCUT2D eigenvalue weighted by Crippen LogP contribution is 2.05. The second kappa shape index (κ2) is 7.03. The Morgan fingerprint density at radius 1 is 1.11 bits per heavy atom. The van der Waals surface area contributed by atoms with Crippen molar-refractivity contribution in [3.8, 4) is 0 Å². The van der Waals surface area contributed by atoms with Crippen molar-refractivity contribution in [3.63, 3.8) is 0 Å². The van der Waals surface area contributed by atoms with Gasteiger partial charge in [0.2, 0.25) is 0 Å². The highest BCUT2D eigenvalue weighted by molar-refractivity contribution is 7.91. The van der Waals surface area contributed by atoms with Crippen molar-refractivity contribution in [1.29, 1.82) is 0 Å². The van der Waals surface area contributed by atoms with Crippen molar-refractivity contribution in [2.45, 2.75) is 13.0 Å². The van der Waals surface area contributed by atoms with Gasteiger partial charge in [0.05, 0.1) is 18.1 Å². The van der Waals surface area contributed by atoms with Crippen LogP contribution in [0.15, 0.2) is 30.3 Å². The van der Waals surface area contributed by atoms with Crippen LogP contribution >= 0.6 is 0 Å². The predicted molar refractivity (Wildman–Crippen MR) is 75.8 cm³/mol. The SMILES string of the molecule is O=S1(=O)CCN(CCCOCc2ccccc2)CC1. The molecule has 0 unspecified atom stereocenters. The van der Waals surface area contributed by atoms with Gasteiger partial charge >= 0.3 is 0 Å². The first kappa shape index (κ1) is 14.5. The minimum Gasteiger partial charge on any atom is -0.377 e. The molecule has 1 aromatic rings. The van der Waals surface area contributed by atoms with Gasteiger partial charge < -0.3 is 9.64 Å². The molecule has 19 heavy (non-hydrogen) atoms. The molecular weight excluding hydrogens is 262 g/mol. The summed E-state index contributed by atoms with van der Waals surface area (Å²) in [6, 6.07) is 10.1. The maximum Gasteiger partial charge on any atom is 0.152 e. The monoisotopic (exact) mass is 283 g/mol. The first-order valence-electron chi connectivity index (χ1n) is 6.70. The average molecular weight is 283 g/mol. The van der Waals surface area contributed by atoms with Gasteiger partial charge in [-0.15, -0.1) is 0 Å². The number of ether oxygens (including phenoxy) is 1. The summed E-state index contributed by atoms with van der Waals surface area (Å²) >= 11 is 0. The van der Waals surface area contributed by atoms with E-state index >= 15 is 0 Å². The van der Waals surface area contributed by atoms with Crippen molar-refractivity contribution in [3.05, 3.63) is 35.9 Å². The molecule has 0 aliphatic carbocycles. The minimum atomic E-state index is -2.76. The third-order valence-corrected chi connectivity index (χ3v) is 4.92. The summed E-state index contributed by atoms with van der Waals surface area (Å²) < 4.78 is 28.2. The Bertz CT molecular complexity index is 459. The molecule has 1 aliphatic heterocycles. The molecule has 0 atom stereocenters. The molecule has 0 radical (unpaired) electrons. The van der Waals surface area contributed by atoms with Crippen LogP contribution in [-0.4, -0.2) is 51.1 Å². The number of benzene rings is 1. The Morgan fingerprint density at radius 2 is 1.79 bits per heavy atom. The van der Waals surface area contributed by atoms with Gasteiger partial charge in [0, 0.05) is 26.2 Å². The third-order valence-electron chi connectivity index (χ3n) is 3.31. The fourth-order valence-electron chi connectivity index (χ4n) is 2.13. The molecule has 5 heteroatoms. The summed E-state index contributed by atoms with van der Waals surface area (Å²) in [5.41, 5.74) is 1.19. The molecule has 0 N–H and O–H groups in total. The van der Waals surface area contributed by atoms with Gasteiger partial charge in [0.1, 0.15) is 0 Å². The zero-order chi connectivity index (χ0) is 13.6. The summed E-state index contributed by atoms with van der Waals surface area (Å²) in [6.45, 7) is 3.62. The van der Waals surface area contributed by atoms with Crippen LogP contribution in [0.5, 0.6) is 0 Å². The van der Waals surface area contributed by atoms with Crippen LogP contribution in [0.2, 0.25) is 0 Å². The van der Waals surface area contributed by atoms with Gasteiger partial charge in [-0.3, -0.25) is 0 Å². The van der Waals surface area contributed by atoms with E-state index < -0.39 is 9.84 Å². The molecule has 1 aliphatic rings. The number of hydrogen-bond acceptors (Lipinski definition) is 4. The molecule has 4 nitrogen and oxygen atoms in total. The normalized spacial score (nSPS) is 19.4. The second-order valence-corrected chi connectivity index (χ2v) is 7.19. The zero-order valence-electron chi connectivity index (χ0n) is 11.1. The van der Waals surface area contributed by atoms with E-state index in [-0.39, 0.29) is 0 Å². The van der Waals surface area contributed by atoms with Crippen LogP contribution in [0, 0.1) is 0 Å². The summed E-state index contributed by atoms with van der Waals surface area (Å²) in [6.07, 6.45) is 0.951. The van der Waals surface area contributed by atoms with E-state index in [2.05, 4.69) is 17.0 Å². The number of rotatable bonds is 6. The third kappa shape index (κ3) is 5.30. The van der Waals surface area contributed by atoms with Crippen LogP contribution in [0.4, 0.5) is 0 Å². The summed E-state index contributed by atoms with van der Waals surface area (Å²) in [5.74, 6) is 0.607. The van der Waals surface area contributed by atoms with E-state index in [9.17, 15) is 8.42 Å². The highest BCUT2D eigenvalue weighted by atomic mass is 32.2. The molecule has 0 bridgehead atoms. The van der Waals surface area contributed by atoms with Gasteiger partial charge in [-0.05, 0) is 12.0 Å². The van der Waals surface area contributed by atoms with E-state index in [1.165, 1.54) is 5.56 Å². The van der Waals surface area contributed by atoms with Crippen molar-refractivity contribution in [1.82, 2.24) is 4.90 Å². The lowest BCUT2D eigenvalue weighted by Crippen LogP contribution is -2.40. The quantitative estimate of drug-likeness (QED) is 0.739. The average Bonchev–Trinajstić information content (AvgIpc) is 2.41. The summed E-state index contributed by atoms with van der Waals surface area (Å²) in [4.78, 5) is 2.20. The first-order valence-corrected chi connectivity index (χ1v) is 8.52. The molecule has 1 fully saturated rings. The Labute approximate surface area is 115 Å². The van der Waals surface area contributed by atoms with Crippen LogP contribution < -0.4 is 0 Å². The molecule has 1 aromatic carbocycles. The van der Waals surface area contributed by atoms with Crippen LogP contribution in [0.25, 0.3) is 0 Å². The lowest BCUT2D eigenvalue weighted by molar-refractivity contribution is 0.109. The van der Waals surface area contributed by atoms with Crippen molar-refractivity contribution in [2.75, 3.05) is 37.7 Å². The maximum atomic E-state index is 11.3.